The minimum Gasteiger partial charge on any atom is -0.337 e. The number of piperazine rings is 1. The summed E-state index contributed by atoms with van der Waals surface area (Å²) in [6.07, 6.45) is 5.05. The zero-order chi connectivity index (χ0) is 16.2. The highest BCUT2D eigenvalue weighted by Crippen LogP contribution is 2.14. The van der Waals surface area contributed by atoms with Crippen molar-refractivity contribution in [2.75, 3.05) is 37.3 Å². The maximum absolute atomic E-state index is 12.6. The molecule has 0 bridgehead atoms. The second kappa shape index (κ2) is 6.87. The van der Waals surface area contributed by atoms with Gasteiger partial charge in [0.1, 0.15) is 0 Å². The van der Waals surface area contributed by atoms with Gasteiger partial charge >= 0.3 is 0 Å². The fraction of sp³-hybridized carbons (Fsp3) is 0.312. The third kappa shape index (κ3) is 3.56. The Bertz CT molecular complexity index is 715. The molecule has 120 valence electrons. The first-order valence-corrected chi connectivity index (χ1v) is 8.96. The lowest BCUT2D eigenvalue weighted by atomic mass is 10.2. The SMILES string of the molecule is CS(=O)c1cccc(C(=O)N2CCN(c3ncccn3)CC2)c1. The Kier molecular flexibility index (Phi) is 4.66. The molecule has 1 aromatic carbocycles. The third-order valence-corrected chi connectivity index (χ3v) is 4.73. The van der Waals surface area contributed by atoms with Crippen LogP contribution in [-0.4, -0.2) is 57.4 Å². The van der Waals surface area contributed by atoms with Gasteiger partial charge in [0.2, 0.25) is 5.95 Å². The number of benzene rings is 1. The van der Waals surface area contributed by atoms with Gasteiger partial charge in [-0.15, -0.1) is 0 Å². The Balaban J connectivity index is 1.66. The second-order valence-corrected chi connectivity index (χ2v) is 6.69. The molecule has 0 N–H and O–H groups in total. The van der Waals surface area contributed by atoms with E-state index < -0.39 is 10.8 Å². The molecule has 1 aromatic heterocycles. The molecule has 1 atom stereocenters. The Labute approximate surface area is 137 Å². The number of nitrogens with zero attached hydrogens (tertiary/aromatic N) is 4. The summed E-state index contributed by atoms with van der Waals surface area (Å²) in [6, 6.07) is 8.82. The van der Waals surface area contributed by atoms with Crippen molar-refractivity contribution < 1.29 is 9.00 Å². The van der Waals surface area contributed by atoms with Crippen molar-refractivity contribution in [1.29, 1.82) is 0 Å². The summed E-state index contributed by atoms with van der Waals surface area (Å²) in [6.45, 7) is 2.65. The second-order valence-electron chi connectivity index (χ2n) is 5.31. The van der Waals surface area contributed by atoms with Gasteiger partial charge < -0.3 is 9.80 Å². The third-order valence-electron chi connectivity index (χ3n) is 3.81. The Hall–Kier alpha value is -2.28. The minimum atomic E-state index is -1.09. The van der Waals surface area contributed by atoms with Crippen molar-refractivity contribution in [3.63, 3.8) is 0 Å². The van der Waals surface area contributed by atoms with Crippen LogP contribution in [0.15, 0.2) is 47.6 Å². The van der Waals surface area contributed by atoms with Crippen LogP contribution in [0.2, 0.25) is 0 Å². The van der Waals surface area contributed by atoms with Crippen LogP contribution in [0.5, 0.6) is 0 Å². The highest BCUT2D eigenvalue weighted by Gasteiger charge is 2.23. The fourth-order valence-corrected chi connectivity index (χ4v) is 3.12. The summed E-state index contributed by atoms with van der Waals surface area (Å²) in [4.78, 5) is 25.6. The summed E-state index contributed by atoms with van der Waals surface area (Å²) in [7, 11) is -1.09. The number of hydrogen-bond acceptors (Lipinski definition) is 5. The maximum Gasteiger partial charge on any atom is 0.254 e. The first-order chi connectivity index (χ1) is 11.1. The topological polar surface area (TPSA) is 66.4 Å². The molecule has 6 nitrogen and oxygen atoms in total. The molecule has 0 radical (unpaired) electrons. The zero-order valence-electron chi connectivity index (χ0n) is 12.9. The Morgan fingerprint density at radius 2 is 1.78 bits per heavy atom. The summed E-state index contributed by atoms with van der Waals surface area (Å²) in [5.74, 6) is 0.675. The lowest BCUT2D eigenvalue weighted by molar-refractivity contribution is 0.0746. The van der Waals surface area contributed by atoms with E-state index in [0.717, 1.165) is 0 Å². The van der Waals surface area contributed by atoms with E-state index in [-0.39, 0.29) is 5.91 Å². The standard InChI is InChI=1S/C16H18N4O2S/c1-23(22)14-5-2-4-13(12-14)15(21)19-8-10-20(11-9-19)16-17-6-3-7-18-16/h2-7,12H,8-11H2,1H3. The van der Waals surface area contributed by atoms with E-state index in [1.165, 1.54) is 0 Å². The molecule has 1 aliphatic heterocycles. The molecule has 1 fully saturated rings. The number of carbonyl (C=O) groups is 1. The predicted molar refractivity (Wildman–Crippen MR) is 88.9 cm³/mol. The van der Waals surface area contributed by atoms with Gasteiger partial charge in [0, 0.05) is 66.1 Å². The van der Waals surface area contributed by atoms with Gasteiger partial charge in [-0.05, 0) is 24.3 Å². The van der Waals surface area contributed by atoms with Crippen LogP contribution in [0.4, 0.5) is 5.95 Å². The monoisotopic (exact) mass is 330 g/mol. The number of anilines is 1. The van der Waals surface area contributed by atoms with Crippen LogP contribution in [0.3, 0.4) is 0 Å². The molecule has 7 heteroatoms. The molecule has 3 rings (SSSR count). The van der Waals surface area contributed by atoms with Gasteiger partial charge in [-0.3, -0.25) is 9.00 Å². The highest BCUT2D eigenvalue weighted by molar-refractivity contribution is 7.84. The van der Waals surface area contributed by atoms with Crippen molar-refractivity contribution in [1.82, 2.24) is 14.9 Å². The minimum absolute atomic E-state index is 0.0223. The Morgan fingerprint density at radius 1 is 1.09 bits per heavy atom. The molecule has 2 heterocycles. The summed E-state index contributed by atoms with van der Waals surface area (Å²) in [5, 5.41) is 0. The molecular weight excluding hydrogens is 312 g/mol. The van der Waals surface area contributed by atoms with Crippen LogP contribution < -0.4 is 4.90 Å². The summed E-state index contributed by atoms with van der Waals surface area (Å²) in [5.41, 5.74) is 0.585. The van der Waals surface area contributed by atoms with E-state index in [2.05, 4.69) is 14.9 Å². The van der Waals surface area contributed by atoms with Crippen LogP contribution in [-0.2, 0) is 10.8 Å². The average molecular weight is 330 g/mol. The quantitative estimate of drug-likeness (QED) is 0.845. The van der Waals surface area contributed by atoms with Gasteiger partial charge in [0.15, 0.2) is 0 Å². The van der Waals surface area contributed by atoms with E-state index in [4.69, 9.17) is 0 Å². The molecular formula is C16H18N4O2S. The van der Waals surface area contributed by atoms with E-state index >= 15 is 0 Å². The van der Waals surface area contributed by atoms with Crippen LogP contribution in [0, 0.1) is 0 Å². The zero-order valence-corrected chi connectivity index (χ0v) is 13.7. The van der Waals surface area contributed by atoms with E-state index in [1.54, 1.807) is 49.0 Å². The molecule has 1 amide bonds. The van der Waals surface area contributed by atoms with Crippen molar-refractivity contribution in [3.8, 4) is 0 Å². The van der Waals surface area contributed by atoms with Crippen molar-refractivity contribution >= 4 is 22.7 Å². The summed E-state index contributed by atoms with van der Waals surface area (Å²) < 4.78 is 11.6. The van der Waals surface area contributed by atoms with Crippen LogP contribution in [0.25, 0.3) is 0 Å². The molecule has 2 aromatic rings. The number of carbonyl (C=O) groups excluding carboxylic acids is 1. The van der Waals surface area contributed by atoms with Gasteiger partial charge in [-0.1, -0.05) is 6.07 Å². The maximum atomic E-state index is 12.6. The van der Waals surface area contributed by atoms with Gasteiger partial charge in [0.25, 0.3) is 5.91 Å². The molecule has 0 spiro atoms. The van der Waals surface area contributed by atoms with E-state index in [1.807, 2.05) is 4.90 Å². The normalized spacial score (nSPS) is 16.2. The van der Waals surface area contributed by atoms with Gasteiger partial charge in [-0.2, -0.15) is 0 Å². The lowest BCUT2D eigenvalue weighted by Gasteiger charge is -2.34. The smallest absolute Gasteiger partial charge is 0.254 e. The average Bonchev–Trinajstić information content (AvgIpc) is 2.62. The van der Waals surface area contributed by atoms with E-state index in [0.29, 0.717) is 42.6 Å². The van der Waals surface area contributed by atoms with Gasteiger partial charge in [0.05, 0.1) is 0 Å². The van der Waals surface area contributed by atoms with Crippen molar-refractivity contribution in [2.24, 2.45) is 0 Å². The number of hydrogen-bond donors (Lipinski definition) is 0. The van der Waals surface area contributed by atoms with Crippen molar-refractivity contribution in [3.05, 3.63) is 48.3 Å². The first kappa shape index (κ1) is 15.6. The first-order valence-electron chi connectivity index (χ1n) is 7.40. The fourth-order valence-electron chi connectivity index (χ4n) is 2.55. The van der Waals surface area contributed by atoms with Crippen LogP contribution in [0.1, 0.15) is 10.4 Å². The number of rotatable bonds is 3. The molecule has 0 saturated carbocycles. The molecule has 1 aliphatic rings. The molecule has 1 saturated heterocycles. The molecule has 1 unspecified atom stereocenters. The Morgan fingerprint density at radius 3 is 2.43 bits per heavy atom. The lowest BCUT2D eigenvalue weighted by Crippen LogP contribution is -2.49. The number of aromatic nitrogens is 2. The van der Waals surface area contributed by atoms with Crippen molar-refractivity contribution in [2.45, 2.75) is 4.90 Å². The number of amides is 1. The summed E-state index contributed by atoms with van der Waals surface area (Å²) >= 11 is 0. The predicted octanol–water partition coefficient (Wildman–Crippen LogP) is 1.18. The highest BCUT2D eigenvalue weighted by atomic mass is 32.2. The largest absolute Gasteiger partial charge is 0.337 e. The molecule has 23 heavy (non-hydrogen) atoms. The molecule has 0 aliphatic carbocycles. The van der Waals surface area contributed by atoms with Crippen LogP contribution >= 0.6 is 0 Å². The van der Waals surface area contributed by atoms with E-state index in [9.17, 15) is 9.00 Å². The van der Waals surface area contributed by atoms with Gasteiger partial charge in [-0.25, -0.2) is 9.97 Å².